The summed E-state index contributed by atoms with van der Waals surface area (Å²) in [5, 5.41) is 2.69. The third-order valence-electron chi connectivity index (χ3n) is 5.70. The summed E-state index contributed by atoms with van der Waals surface area (Å²) in [6, 6.07) is 6.79. The van der Waals surface area contributed by atoms with Crippen LogP contribution in [0.3, 0.4) is 0 Å². The Bertz CT molecular complexity index is 806. The number of benzene rings is 1. The first kappa shape index (κ1) is 24.8. The maximum Gasteiger partial charge on any atom is 0.411 e. The number of morpholine rings is 1. The number of rotatable bonds is 5. The molecule has 1 aromatic carbocycles. The van der Waals surface area contributed by atoms with E-state index in [9.17, 15) is 14.4 Å². The summed E-state index contributed by atoms with van der Waals surface area (Å²) in [5.41, 5.74) is 0.658. The number of hydrogen-bond acceptors (Lipinski definition) is 6. The molecule has 3 rings (SSSR count). The van der Waals surface area contributed by atoms with E-state index < -0.39 is 11.7 Å². The van der Waals surface area contributed by atoms with Gasteiger partial charge in [0.05, 0.1) is 19.8 Å². The van der Waals surface area contributed by atoms with Gasteiger partial charge < -0.3 is 24.0 Å². The lowest BCUT2D eigenvalue weighted by atomic mass is 9.94. The molecule has 0 aliphatic carbocycles. The van der Waals surface area contributed by atoms with Crippen LogP contribution in [0.4, 0.5) is 15.3 Å². The number of nitrogens with one attached hydrogen (secondary N) is 1. The number of piperidine rings is 1. The number of likely N-dealkylation sites (tertiary alicyclic amines) is 1. The number of carbonyl (C=O) groups is 3. The van der Waals surface area contributed by atoms with Gasteiger partial charge in [0.1, 0.15) is 5.60 Å². The zero-order valence-electron chi connectivity index (χ0n) is 19.8. The molecule has 0 spiro atoms. The Morgan fingerprint density at radius 2 is 1.64 bits per heavy atom. The number of hydrogen-bond donors (Lipinski definition) is 1. The summed E-state index contributed by atoms with van der Waals surface area (Å²) < 4.78 is 16.0. The Balaban J connectivity index is 1.34. The van der Waals surface area contributed by atoms with Crippen LogP contribution in [0, 0.1) is 5.92 Å². The van der Waals surface area contributed by atoms with Gasteiger partial charge in [0, 0.05) is 37.4 Å². The SMILES string of the molecule is CC(C)(C)OC(=O)N1CCC(CCOC(=O)Nc2ccc(C(=O)N3CCOCC3)cc2)CC1. The van der Waals surface area contributed by atoms with Crippen LogP contribution in [0.5, 0.6) is 0 Å². The van der Waals surface area contributed by atoms with Gasteiger partial charge >= 0.3 is 12.2 Å². The highest BCUT2D eigenvalue weighted by molar-refractivity contribution is 5.95. The maximum atomic E-state index is 12.5. The van der Waals surface area contributed by atoms with Gasteiger partial charge in [0.25, 0.3) is 5.91 Å². The molecular formula is C24H35N3O6. The molecule has 1 aromatic rings. The van der Waals surface area contributed by atoms with Crippen molar-refractivity contribution in [3.63, 3.8) is 0 Å². The molecule has 9 nitrogen and oxygen atoms in total. The molecule has 2 heterocycles. The summed E-state index contributed by atoms with van der Waals surface area (Å²) in [6.45, 7) is 9.49. The van der Waals surface area contributed by atoms with Gasteiger partial charge in [-0.3, -0.25) is 10.1 Å². The second-order valence-corrected chi connectivity index (χ2v) is 9.44. The Morgan fingerprint density at radius 1 is 1.00 bits per heavy atom. The van der Waals surface area contributed by atoms with Gasteiger partial charge in [-0.15, -0.1) is 0 Å². The van der Waals surface area contributed by atoms with E-state index in [0.29, 0.717) is 63.2 Å². The summed E-state index contributed by atoms with van der Waals surface area (Å²) in [6.07, 6.45) is 1.69. The first-order chi connectivity index (χ1) is 15.7. The standard InChI is InChI=1S/C24H35N3O6/c1-24(2,3)33-23(30)27-11-8-18(9-12-27)10-15-32-22(29)25-20-6-4-19(5-7-20)21(28)26-13-16-31-17-14-26/h4-7,18H,8-17H2,1-3H3,(H,25,29). The highest BCUT2D eigenvalue weighted by atomic mass is 16.6. The summed E-state index contributed by atoms with van der Waals surface area (Å²) >= 11 is 0. The Kier molecular flexibility index (Phi) is 8.55. The lowest BCUT2D eigenvalue weighted by Crippen LogP contribution is -2.41. The largest absolute Gasteiger partial charge is 0.449 e. The van der Waals surface area contributed by atoms with E-state index in [2.05, 4.69) is 5.32 Å². The first-order valence-electron chi connectivity index (χ1n) is 11.6. The van der Waals surface area contributed by atoms with Crippen LogP contribution >= 0.6 is 0 Å². The molecular weight excluding hydrogens is 426 g/mol. The van der Waals surface area contributed by atoms with Crippen LogP contribution in [0.15, 0.2) is 24.3 Å². The number of nitrogens with zero attached hydrogens (tertiary/aromatic N) is 2. The fourth-order valence-electron chi connectivity index (χ4n) is 3.85. The second kappa shape index (κ2) is 11.4. The van der Waals surface area contributed by atoms with Crippen molar-refractivity contribution in [1.29, 1.82) is 0 Å². The van der Waals surface area contributed by atoms with E-state index >= 15 is 0 Å². The molecule has 2 aliphatic heterocycles. The number of anilines is 1. The third kappa shape index (κ3) is 7.92. The third-order valence-corrected chi connectivity index (χ3v) is 5.70. The molecule has 182 valence electrons. The molecule has 0 unspecified atom stereocenters. The lowest BCUT2D eigenvalue weighted by Gasteiger charge is -2.33. The summed E-state index contributed by atoms with van der Waals surface area (Å²) in [4.78, 5) is 40.2. The fourth-order valence-corrected chi connectivity index (χ4v) is 3.85. The van der Waals surface area contributed by atoms with Crippen molar-refractivity contribution >= 4 is 23.8 Å². The van der Waals surface area contributed by atoms with Gasteiger partial charge in [-0.25, -0.2) is 9.59 Å². The van der Waals surface area contributed by atoms with Crippen molar-refractivity contribution in [2.45, 2.75) is 45.6 Å². The normalized spacial score (nSPS) is 17.4. The molecule has 2 saturated heterocycles. The van der Waals surface area contributed by atoms with E-state index in [-0.39, 0.29) is 12.0 Å². The Labute approximate surface area is 195 Å². The quantitative estimate of drug-likeness (QED) is 0.717. The molecule has 0 saturated carbocycles. The van der Waals surface area contributed by atoms with Crippen LogP contribution in [-0.4, -0.2) is 79.5 Å². The van der Waals surface area contributed by atoms with Crippen LogP contribution in [0.1, 0.15) is 50.4 Å². The van der Waals surface area contributed by atoms with E-state index in [1.54, 1.807) is 34.1 Å². The van der Waals surface area contributed by atoms with Crippen molar-refractivity contribution in [2.75, 3.05) is 51.3 Å². The monoisotopic (exact) mass is 461 g/mol. The van der Waals surface area contributed by atoms with E-state index in [4.69, 9.17) is 14.2 Å². The van der Waals surface area contributed by atoms with Crippen LogP contribution < -0.4 is 5.32 Å². The lowest BCUT2D eigenvalue weighted by molar-refractivity contribution is 0.0175. The van der Waals surface area contributed by atoms with E-state index in [1.807, 2.05) is 20.8 Å². The molecule has 2 aliphatic rings. The molecule has 9 heteroatoms. The second-order valence-electron chi connectivity index (χ2n) is 9.44. The van der Waals surface area contributed by atoms with E-state index in [0.717, 1.165) is 19.3 Å². The van der Waals surface area contributed by atoms with Crippen molar-refractivity contribution in [3.8, 4) is 0 Å². The van der Waals surface area contributed by atoms with Gasteiger partial charge in [-0.05, 0) is 70.2 Å². The molecule has 0 radical (unpaired) electrons. The van der Waals surface area contributed by atoms with Crippen LogP contribution in [-0.2, 0) is 14.2 Å². The molecule has 0 bridgehead atoms. The highest BCUT2D eigenvalue weighted by Crippen LogP contribution is 2.22. The molecule has 3 amide bonds. The first-order valence-corrected chi connectivity index (χ1v) is 11.6. The highest BCUT2D eigenvalue weighted by Gasteiger charge is 2.27. The summed E-state index contributed by atoms with van der Waals surface area (Å²) in [5.74, 6) is 0.368. The minimum atomic E-state index is -0.520. The molecule has 33 heavy (non-hydrogen) atoms. The maximum absolute atomic E-state index is 12.5. The minimum absolute atomic E-state index is 0.0369. The smallest absolute Gasteiger partial charge is 0.411 e. The van der Waals surface area contributed by atoms with Gasteiger partial charge in [0.2, 0.25) is 0 Å². The number of carbonyl (C=O) groups excluding carboxylic acids is 3. The van der Waals surface area contributed by atoms with Crippen molar-refractivity contribution < 1.29 is 28.6 Å². The Hall–Kier alpha value is -2.81. The zero-order chi connectivity index (χ0) is 23.8. The molecule has 1 N–H and O–H groups in total. The van der Waals surface area contributed by atoms with Crippen LogP contribution in [0.25, 0.3) is 0 Å². The molecule has 0 atom stereocenters. The van der Waals surface area contributed by atoms with Gasteiger partial charge in [-0.1, -0.05) is 0 Å². The van der Waals surface area contributed by atoms with Crippen molar-refractivity contribution in [3.05, 3.63) is 29.8 Å². The van der Waals surface area contributed by atoms with Crippen molar-refractivity contribution in [2.24, 2.45) is 5.92 Å². The molecule has 2 fully saturated rings. The number of amides is 3. The zero-order valence-corrected chi connectivity index (χ0v) is 19.8. The summed E-state index contributed by atoms with van der Waals surface area (Å²) in [7, 11) is 0. The minimum Gasteiger partial charge on any atom is -0.449 e. The average molecular weight is 462 g/mol. The van der Waals surface area contributed by atoms with Crippen molar-refractivity contribution in [1.82, 2.24) is 9.80 Å². The van der Waals surface area contributed by atoms with Crippen LogP contribution in [0.2, 0.25) is 0 Å². The van der Waals surface area contributed by atoms with Gasteiger partial charge in [-0.2, -0.15) is 0 Å². The predicted molar refractivity (Wildman–Crippen MR) is 123 cm³/mol. The molecule has 0 aromatic heterocycles. The van der Waals surface area contributed by atoms with E-state index in [1.165, 1.54) is 0 Å². The fraction of sp³-hybridized carbons (Fsp3) is 0.625. The average Bonchev–Trinajstić information content (AvgIpc) is 2.79. The Morgan fingerprint density at radius 3 is 2.24 bits per heavy atom. The predicted octanol–water partition coefficient (Wildman–Crippen LogP) is 3.74. The number of ether oxygens (including phenoxy) is 3. The van der Waals surface area contributed by atoms with Gasteiger partial charge in [0.15, 0.2) is 0 Å². The topological polar surface area (TPSA) is 97.4 Å².